The summed E-state index contributed by atoms with van der Waals surface area (Å²) in [6.45, 7) is 5.76. The van der Waals surface area contributed by atoms with Crippen LogP contribution in [0.25, 0.3) is 11.0 Å². The predicted octanol–water partition coefficient (Wildman–Crippen LogP) is 2.50. The van der Waals surface area contributed by atoms with Crippen molar-refractivity contribution in [2.75, 3.05) is 32.7 Å². The smallest absolute Gasteiger partial charge is 0.289 e. The van der Waals surface area contributed by atoms with Gasteiger partial charge >= 0.3 is 0 Å². The number of hydrogen-bond donors (Lipinski definition) is 0. The molecule has 0 radical (unpaired) electrons. The highest BCUT2D eigenvalue weighted by atomic mass is 16.3. The van der Waals surface area contributed by atoms with E-state index in [0.29, 0.717) is 24.1 Å². The molecule has 4 rings (SSSR count). The lowest BCUT2D eigenvalue weighted by Crippen LogP contribution is -2.49. The van der Waals surface area contributed by atoms with Gasteiger partial charge in [-0.1, -0.05) is 11.6 Å². The Morgan fingerprint density at radius 1 is 1.07 bits per heavy atom. The largest absolute Gasteiger partial charge is 0.451 e. The minimum Gasteiger partial charge on any atom is -0.451 e. The van der Waals surface area contributed by atoms with Crippen molar-refractivity contribution in [3.8, 4) is 0 Å². The fourth-order valence-electron chi connectivity index (χ4n) is 3.54. The van der Waals surface area contributed by atoms with Crippen molar-refractivity contribution in [3.05, 3.63) is 75.9 Å². The Kier molecular flexibility index (Phi) is 5.21. The first kappa shape index (κ1) is 18.4. The van der Waals surface area contributed by atoms with Gasteiger partial charge in [-0.15, -0.1) is 0 Å². The second-order valence-corrected chi connectivity index (χ2v) is 7.21. The van der Waals surface area contributed by atoms with Crippen LogP contribution in [0.5, 0.6) is 0 Å². The van der Waals surface area contributed by atoms with Gasteiger partial charge in [0.1, 0.15) is 5.58 Å². The number of pyridine rings is 1. The molecule has 0 N–H and O–H groups in total. The third kappa shape index (κ3) is 3.97. The van der Waals surface area contributed by atoms with Crippen LogP contribution in [-0.4, -0.2) is 53.4 Å². The lowest BCUT2D eigenvalue weighted by atomic mass is 10.1. The first-order valence-electron chi connectivity index (χ1n) is 9.55. The standard InChI is InChI=1S/C22H23N3O3/c1-16-2-3-20-18(14-16)19(26)15-21(28-20)22(27)25-12-10-24(11-13-25)9-6-17-4-7-23-8-5-17/h2-5,7-8,14-15H,6,9-13H2,1H3. The molecule has 0 atom stereocenters. The van der Waals surface area contributed by atoms with Crippen LogP contribution in [0.3, 0.4) is 0 Å². The number of benzene rings is 1. The van der Waals surface area contributed by atoms with Crippen LogP contribution in [0.15, 0.2) is 58.0 Å². The highest BCUT2D eigenvalue weighted by Crippen LogP contribution is 2.16. The first-order chi connectivity index (χ1) is 13.6. The number of aromatic nitrogens is 1. The Balaban J connectivity index is 1.39. The first-order valence-corrected chi connectivity index (χ1v) is 9.55. The van der Waals surface area contributed by atoms with Gasteiger partial charge in [-0.3, -0.25) is 19.5 Å². The van der Waals surface area contributed by atoms with Crippen LogP contribution in [0.4, 0.5) is 0 Å². The second kappa shape index (κ2) is 7.94. The maximum atomic E-state index is 12.8. The van der Waals surface area contributed by atoms with Gasteiger partial charge in [-0.2, -0.15) is 0 Å². The average molecular weight is 377 g/mol. The molecule has 1 aliphatic heterocycles. The molecule has 2 aromatic heterocycles. The fraction of sp³-hybridized carbons (Fsp3) is 0.318. The number of hydrogen-bond acceptors (Lipinski definition) is 5. The number of rotatable bonds is 4. The van der Waals surface area contributed by atoms with E-state index in [0.717, 1.165) is 31.6 Å². The molecule has 1 amide bonds. The number of piperazine rings is 1. The van der Waals surface area contributed by atoms with Gasteiger partial charge in [0.2, 0.25) is 0 Å². The van der Waals surface area contributed by atoms with E-state index < -0.39 is 0 Å². The molecule has 1 aromatic carbocycles. The van der Waals surface area contributed by atoms with Crippen molar-refractivity contribution in [2.24, 2.45) is 0 Å². The molecule has 1 fully saturated rings. The Hall–Kier alpha value is -2.99. The monoisotopic (exact) mass is 377 g/mol. The van der Waals surface area contributed by atoms with Crippen molar-refractivity contribution >= 4 is 16.9 Å². The molecule has 28 heavy (non-hydrogen) atoms. The molecular formula is C22H23N3O3. The molecule has 3 aromatic rings. The van der Waals surface area contributed by atoms with Gasteiger partial charge in [0.25, 0.3) is 5.91 Å². The van der Waals surface area contributed by atoms with Gasteiger partial charge in [0, 0.05) is 51.2 Å². The van der Waals surface area contributed by atoms with Crippen molar-refractivity contribution < 1.29 is 9.21 Å². The Morgan fingerprint density at radius 3 is 2.57 bits per heavy atom. The molecule has 3 heterocycles. The Morgan fingerprint density at radius 2 is 1.82 bits per heavy atom. The summed E-state index contributed by atoms with van der Waals surface area (Å²) in [7, 11) is 0. The normalized spacial score (nSPS) is 15.1. The van der Waals surface area contributed by atoms with Gasteiger partial charge in [0.05, 0.1) is 5.39 Å². The molecule has 6 heteroatoms. The summed E-state index contributed by atoms with van der Waals surface area (Å²) in [6.07, 6.45) is 4.59. The lowest BCUT2D eigenvalue weighted by molar-refractivity contribution is 0.0608. The van der Waals surface area contributed by atoms with Crippen molar-refractivity contribution in [1.29, 1.82) is 0 Å². The van der Waals surface area contributed by atoms with E-state index in [-0.39, 0.29) is 17.1 Å². The summed E-state index contributed by atoms with van der Waals surface area (Å²) in [5, 5.41) is 0.512. The van der Waals surface area contributed by atoms with Crippen LogP contribution in [0.2, 0.25) is 0 Å². The maximum absolute atomic E-state index is 12.8. The van der Waals surface area contributed by atoms with E-state index in [1.165, 1.54) is 11.6 Å². The van der Waals surface area contributed by atoms with E-state index in [1.807, 2.05) is 37.5 Å². The highest BCUT2D eigenvalue weighted by molar-refractivity contribution is 5.93. The fourth-order valence-corrected chi connectivity index (χ4v) is 3.54. The van der Waals surface area contributed by atoms with E-state index in [9.17, 15) is 9.59 Å². The minimum absolute atomic E-state index is 0.117. The van der Waals surface area contributed by atoms with E-state index in [2.05, 4.69) is 9.88 Å². The maximum Gasteiger partial charge on any atom is 0.289 e. The number of carbonyl (C=O) groups excluding carboxylic acids is 1. The van der Waals surface area contributed by atoms with Gasteiger partial charge in [0.15, 0.2) is 11.2 Å². The third-order valence-corrected chi connectivity index (χ3v) is 5.22. The summed E-state index contributed by atoms with van der Waals surface area (Å²) in [6, 6.07) is 10.8. The molecule has 0 spiro atoms. The third-order valence-electron chi connectivity index (χ3n) is 5.22. The van der Waals surface area contributed by atoms with Gasteiger partial charge < -0.3 is 9.32 Å². The van der Waals surface area contributed by atoms with Crippen LogP contribution in [0.1, 0.15) is 21.7 Å². The average Bonchev–Trinajstić information content (AvgIpc) is 2.73. The quantitative estimate of drug-likeness (QED) is 0.699. The lowest BCUT2D eigenvalue weighted by Gasteiger charge is -2.34. The molecular weight excluding hydrogens is 354 g/mol. The van der Waals surface area contributed by atoms with Gasteiger partial charge in [-0.25, -0.2) is 0 Å². The molecule has 6 nitrogen and oxygen atoms in total. The summed E-state index contributed by atoms with van der Waals surface area (Å²) in [4.78, 5) is 33.3. The molecule has 1 aliphatic rings. The van der Waals surface area contributed by atoms with Crippen LogP contribution < -0.4 is 5.43 Å². The second-order valence-electron chi connectivity index (χ2n) is 7.21. The zero-order valence-electron chi connectivity index (χ0n) is 15.9. The number of fused-ring (bicyclic) bond motifs is 1. The Bertz CT molecular complexity index is 1040. The molecule has 0 unspecified atom stereocenters. The number of aryl methyl sites for hydroxylation is 1. The van der Waals surface area contributed by atoms with Crippen LogP contribution >= 0.6 is 0 Å². The SMILES string of the molecule is Cc1ccc2oc(C(=O)N3CCN(CCc4ccncc4)CC3)cc(=O)c2c1. The Labute approximate surface area is 163 Å². The van der Waals surface area contributed by atoms with Crippen LogP contribution in [0, 0.1) is 6.92 Å². The van der Waals surface area contributed by atoms with Crippen LogP contribution in [-0.2, 0) is 6.42 Å². The number of amides is 1. The summed E-state index contributed by atoms with van der Waals surface area (Å²) in [5.41, 5.74) is 2.53. The molecule has 0 bridgehead atoms. The molecule has 0 saturated carbocycles. The molecule has 144 valence electrons. The van der Waals surface area contributed by atoms with Crippen molar-refractivity contribution in [1.82, 2.24) is 14.8 Å². The van der Waals surface area contributed by atoms with Gasteiger partial charge in [-0.05, 0) is 43.2 Å². The predicted molar refractivity (Wildman–Crippen MR) is 108 cm³/mol. The topological polar surface area (TPSA) is 66.7 Å². The van der Waals surface area contributed by atoms with Crippen molar-refractivity contribution in [3.63, 3.8) is 0 Å². The van der Waals surface area contributed by atoms with E-state index >= 15 is 0 Å². The van der Waals surface area contributed by atoms with E-state index in [4.69, 9.17) is 4.42 Å². The number of carbonyl (C=O) groups is 1. The van der Waals surface area contributed by atoms with E-state index in [1.54, 1.807) is 17.0 Å². The summed E-state index contributed by atoms with van der Waals surface area (Å²) >= 11 is 0. The summed E-state index contributed by atoms with van der Waals surface area (Å²) < 4.78 is 5.73. The number of nitrogens with zero attached hydrogens (tertiary/aromatic N) is 3. The molecule has 1 saturated heterocycles. The molecule has 0 aliphatic carbocycles. The zero-order valence-corrected chi connectivity index (χ0v) is 15.9. The highest BCUT2D eigenvalue weighted by Gasteiger charge is 2.24. The summed E-state index contributed by atoms with van der Waals surface area (Å²) in [5.74, 6) is -0.0973. The zero-order chi connectivity index (χ0) is 19.5. The van der Waals surface area contributed by atoms with Crippen molar-refractivity contribution in [2.45, 2.75) is 13.3 Å². The minimum atomic E-state index is -0.214.